The van der Waals surface area contributed by atoms with Gasteiger partial charge < -0.3 is 20.0 Å². The summed E-state index contributed by atoms with van der Waals surface area (Å²) in [5.74, 6) is 1.17. The number of nitrogens with zero attached hydrogens (tertiary/aromatic N) is 4. The number of guanidine groups is 1. The highest BCUT2D eigenvalue weighted by Crippen LogP contribution is 2.28. The Morgan fingerprint density at radius 3 is 2.39 bits per heavy atom. The zero-order valence-electron chi connectivity index (χ0n) is 17.7. The van der Waals surface area contributed by atoms with Crippen LogP contribution in [-0.4, -0.2) is 74.0 Å². The average molecular weight is 386 g/mol. The van der Waals surface area contributed by atoms with Crippen molar-refractivity contribution < 1.29 is 4.79 Å². The minimum absolute atomic E-state index is 0.217. The molecule has 0 saturated carbocycles. The van der Waals surface area contributed by atoms with Crippen molar-refractivity contribution in [1.82, 2.24) is 15.1 Å². The first kappa shape index (κ1) is 20.5. The van der Waals surface area contributed by atoms with Crippen molar-refractivity contribution in [3.8, 4) is 0 Å². The number of anilines is 1. The SMILES string of the molecule is CCNC(=NCCC(=O)N1CCN(c2ccccc2)CC1)N1CCC(C)(C)C1. The highest BCUT2D eigenvalue weighted by molar-refractivity contribution is 5.81. The fraction of sp³-hybridized carbons (Fsp3) is 0.636. The van der Waals surface area contributed by atoms with Gasteiger partial charge in [0.15, 0.2) is 5.96 Å². The van der Waals surface area contributed by atoms with Gasteiger partial charge in [-0.3, -0.25) is 9.79 Å². The van der Waals surface area contributed by atoms with E-state index in [-0.39, 0.29) is 5.91 Å². The van der Waals surface area contributed by atoms with Crippen molar-refractivity contribution in [2.45, 2.75) is 33.6 Å². The van der Waals surface area contributed by atoms with Crippen LogP contribution in [0.3, 0.4) is 0 Å². The molecule has 2 saturated heterocycles. The second-order valence-corrected chi connectivity index (χ2v) is 8.52. The molecule has 0 radical (unpaired) electrons. The van der Waals surface area contributed by atoms with Crippen LogP contribution in [0.4, 0.5) is 5.69 Å². The van der Waals surface area contributed by atoms with Gasteiger partial charge in [0, 0.05) is 57.9 Å². The first-order valence-electron chi connectivity index (χ1n) is 10.6. The van der Waals surface area contributed by atoms with E-state index in [1.165, 1.54) is 12.1 Å². The average Bonchev–Trinajstić information content (AvgIpc) is 3.07. The van der Waals surface area contributed by atoms with E-state index in [1.54, 1.807) is 0 Å². The smallest absolute Gasteiger partial charge is 0.224 e. The van der Waals surface area contributed by atoms with Crippen molar-refractivity contribution in [3.63, 3.8) is 0 Å². The van der Waals surface area contributed by atoms with Crippen molar-refractivity contribution in [3.05, 3.63) is 30.3 Å². The Kier molecular flexibility index (Phi) is 6.81. The number of piperazine rings is 1. The first-order chi connectivity index (χ1) is 13.5. The van der Waals surface area contributed by atoms with Gasteiger partial charge >= 0.3 is 0 Å². The van der Waals surface area contributed by atoms with Crippen LogP contribution in [0.5, 0.6) is 0 Å². The third-order valence-electron chi connectivity index (χ3n) is 5.65. The third kappa shape index (κ3) is 5.40. The summed E-state index contributed by atoms with van der Waals surface area (Å²) in [5.41, 5.74) is 1.58. The lowest BCUT2D eigenvalue weighted by Gasteiger charge is -2.36. The molecule has 2 heterocycles. The van der Waals surface area contributed by atoms with Gasteiger partial charge in [0.1, 0.15) is 0 Å². The van der Waals surface area contributed by atoms with E-state index in [2.05, 4.69) is 60.2 Å². The number of hydrogen-bond donors (Lipinski definition) is 1. The molecule has 0 spiro atoms. The number of hydrogen-bond acceptors (Lipinski definition) is 3. The molecule has 6 heteroatoms. The fourth-order valence-corrected chi connectivity index (χ4v) is 3.99. The summed E-state index contributed by atoms with van der Waals surface area (Å²) in [7, 11) is 0. The van der Waals surface area contributed by atoms with Gasteiger partial charge in [-0.2, -0.15) is 0 Å². The summed E-state index contributed by atoms with van der Waals surface area (Å²) in [5, 5.41) is 3.38. The van der Waals surface area contributed by atoms with Crippen molar-refractivity contribution >= 4 is 17.6 Å². The van der Waals surface area contributed by atoms with Crippen LogP contribution in [0.25, 0.3) is 0 Å². The number of aliphatic imine (C=N–C) groups is 1. The standard InChI is InChI=1S/C22H35N5O/c1-4-23-21(27-13-11-22(2,3)18-27)24-12-10-20(28)26-16-14-25(15-17-26)19-8-6-5-7-9-19/h5-9H,4,10-18H2,1-3H3,(H,23,24). The summed E-state index contributed by atoms with van der Waals surface area (Å²) < 4.78 is 0. The van der Waals surface area contributed by atoms with E-state index >= 15 is 0 Å². The normalized spacial score (nSPS) is 19.8. The molecule has 0 bridgehead atoms. The highest BCUT2D eigenvalue weighted by Gasteiger charge is 2.31. The van der Waals surface area contributed by atoms with E-state index in [0.717, 1.165) is 51.8 Å². The molecule has 1 amide bonds. The van der Waals surface area contributed by atoms with E-state index in [1.807, 2.05) is 11.0 Å². The number of benzene rings is 1. The van der Waals surface area contributed by atoms with E-state index in [4.69, 9.17) is 4.99 Å². The fourth-order valence-electron chi connectivity index (χ4n) is 3.99. The van der Waals surface area contributed by atoms with Gasteiger partial charge in [-0.15, -0.1) is 0 Å². The molecular weight excluding hydrogens is 350 g/mol. The molecule has 0 aliphatic carbocycles. The number of para-hydroxylation sites is 1. The number of likely N-dealkylation sites (tertiary alicyclic amines) is 1. The maximum absolute atomic E-state index is 12.6. The Balaban J connectivity index is 1.46. The minimum atomic E-state index is 0.217. The van der Waals surface area contributed by atoms with Crippen LogP contribution in [0, 0.1) is 5.41 Å². The van der Waals surface area contributed by atoms with Gasteiger partial charge in [-0.1, -0.05) is 32.0 Å². The summed E-state index contributed by atoms with van der Waals surface area (Å²) in [4.78, 5) is 24.0. The molecule has 2 aliphatic rings. The number of amides is 1. The molecule has 0 atom stereocenters. The van der Waals surface area contributed by atoms with Gasteiger partial charge in [0.25, 0.3) is 0 Å². The monoisotopic (exact) mass is 385 g/mol. The largest absolute Gasteiger partial charge is 0.368 e. The van der Waals surface area contributed by atoms with Crippen LogP contribution in [0.1, 0.15) is 33.6 Å². The number of carbonyl (C=O) groups excluding carboxylic acids is 1. The van der Waals surface area contributed by atoms with E-state index < -0.39 is 0 Å². The van der Waals surface area contributed by atoms with Crippen LogP contribution in [0.15, 0.2) is 35.3 Å². The summed E-state index contributed by atoms with van der Waals surface area (Å²) in [6, 6.07) is 10.4. The topological polar surface area (TPSA) is 51.2 Å². The predicted octanol–water partition coefficient (Wildman–Crippen LogP) is 2.42. The van der Waals surface area contributed by atoms with Crippen LogP contribution in [0.2, 0.25) is 0 Å². The van der Waals surface area contributed by atoms with Crippen molar-refractivity contribution in [1.29, 1.82) is 0 Å². The van der Waals surface area contributed by atoms with Gasteiger partial charge in [-0.25, -0.2) is 0 Å². The molecule has 1 aromatic carbocycles. The summed E-state index contributed by atoms with van der Waals surface area (Å²) >= 11 is 0. The zero-order chi connectivity index (χ0) is 20.0. The molecule has 154 valence electrons. The Bertz CT molecular complexity index is 665. The Morgan fingerprint density at radius 1 is 1.07 bits per heavy atom. The lowest BCUT2D eigenvalue weighted by Crippen LogP contribution is -2.49. The van der Waals surface area contributed by atoms with E-state index in [9.17, 15) is 4.79 Å². The predicted molar refractivity (Wildman–Crippen MR) is 116 cm³/mol. The number of carbonyl (C=O) groups is 1. The molecule has 28 heavy (non-hydrogen) atoms. The maximum atomic E-state index is 12.6. The van der Waals surface area contributed by atoms with Crippen LogP contribution in [-0.2, 0) is 4.79 Å². The molecule has 2 aliphatic heterocycles. The third-order valence-corrected chi connectivity index (χ3v) is 5.65. The Morgan fingerprint density at radius 2 is 1.79 bits per heavy atom. The minimum Gasteiger partial charge on any atom is -0.368 e. The molecule has 1 aromatic rings. The summed E-state index contributed by atoms with van der Waals surface area (Å²) in [6.45, 7) is 13.5. The lowest BCUT2D eigenvalue weighted by molar-refractivity contribution is -0.131. The molecule has 2 fully saturated rings. The lowest BCUT2D eigenvalue weighted by atomic mass is 9.93. The zero-order valence-corrected chi connectivity index (χ0v) is 17.7. The quantitative estimate of drug-likeness (QED) is 0.625. The second kappa shape index (κ2) is 9.30. The molecule has 6 nitrogen and oxygen atoms in total. The molecule has 1 N–H and O–H groups in total. The molecular formula is C22H35N5O. The van der Waals surface area contributed by atoms with Crippen molar-refractivity contribution in [2.24, 2.45) is 10.4 Å². The van der Waals surface area contributed by atoms with E-state index in [0.29, 0.717) is 18.4 Å². The van der Waals surface area contributed by atoms with Gasteiger partial charge in [0.05, 0.1) is 6.54 Å². The van der Waals surface area contributed by atoms with Crippen molar-refractivity contribution in [2.75, 3.05) is 57.3 Å². The number of rotatable bonds is 5. The second-order valence-electron chi connectivity index (χ2n) is 8.52. The molecule has 0 unspecified atom stereocenters. The van der Waals surface area contributed by atoms with Gasteiger partial charge in [-0.05, 0) is 30.9 Å². The Labute approximate surface area is 169 Å². The highest BCUT2D eigenvalue weighted by atomic mass is 16.2. The number of nitrogens with one attached hydrogen (secondary N) is 1. The summed E-state index contributed by atoms with van der Waals surface area (Å²) in [6.07, 6.45) is 1.67. The first-order valence-corrected chi connectivity index (χ1v) is 10.6. The maximum Gasteiger partial charge on any atom is 0.224 e. The molecule has 0 aromatic heterocycles. The van der Waals surface area contributed by atoms with Crippen LogP contribution < -0.4 is 10.2 Å². The van der Waals surface area contributed by atoms with Crippen LogP contribution >= 0.6 is 0 Å². The Hall–Kier alpha value is -2.24. The van der Waals surface area contributed by atoms with Gasteiger partial charge in [0.2, 0.25) is 5.91 Å². The molecule has 3 rings (SSSR count).